The number of rotatable bonds is 5. The first-order chi connectivity index (χ1) is 27.3. The number of hydrogen-bond acceptors (Lipinski definition) is 1. The molecule has 9 aromatic carbocycles. The number of fused-ring (bicyclic) bond motifs is 6. The summed E-state index contributed by atoms with van der Waals surface area (Å²) in [4.78, 5) is 0. The minimum atomic E-state index is -0.569. The van der Waals surface area contributed by atoms with E-state index in [1.165, 1.54) is 55.3 Å². The van der Waals surface area contributed by atoms with Crippen LogP contribution in [0.5, 0.6) is 11.5 Å². The van der Waals surface area contributed by atoms with Crippen molar-refractivity contribution in [1.29, 1.82) is 0 Å². The molecule has 0 aromatic heterocycles. The van der Waals surface area contributed by atoms with Crippen molar-refractivity contribution in [1.82, 2.24) is 0 Å². The first kappa shape index (κ1) is 31.6. The normalized spacial score (nSPS) is 16.0. The van der Waals surface area contributed by atoms with E-state index in [1.54, 1.807) is 0 Å². The van der Waals surface area contributed by atoms with Crippen LogP contribution in [0.2, 0.25) is 0 Å². The smallest absolute Gasteiger partial charge is 0.132 e. The summed E-state index contributed by atoms with van der Waals surface area (Å²) in [5.41, 5.74) is 13.7. The zero-order valence-corrected chi connectivity index (χ0v) is 30.2. The highest BCUT2D eigenvalue weighted by Gasteiger charge is 2.47. The molecule has 0 saturated carbocycles. The highest BCUT2D eigenvalue weighted by Crippen LogP contribution is 2.58. The summed E-state index contributed by atoms with van der Waals surface area (Å²) in [6, 6.07) is 80.0. The molecule has 1 aliphatic heterocycles. The zero-order valence-electron chi connectivity index (χ0n) is 30.2. The maximum atomic E-state index is 6.71. The second-order valence-corrected chi connectivity index (χ2v) is 14.8. The van der Waals surface area contributed by atoms with Crippen molar-refractivity contribution >= 4 is 10.8 Å². The Labute approximate surface area is 321 Å². The van der Waals surface area contributed by atoms with Crippen LogP contribution in [0.4, 0.5) is 0 Å². The molecule has 55 heavy (non-hydrogen) atoms. The highest BCUT2D eigenvalue weighted by molar-refractivity contribution is 5.96. The topological polar surface area (TPSA) is 9.23 Å². The average molecular weight is 701 g/mol. The van der Waals surface area contributed by atoms with Gasteiger partial charge in [0, 0.05) is 11.1 Å². The van der Waals surface area contributed by atoms with Crippen molar-refractivity contribution in [2.75, 3.05) is 0 Å². The number of para-hydroxylation sites is 1. The maximum absolute atomic E-state index is 6.71. The van der Waals surface area contributed by atoms with Crippen LogP contribution in [0.1, 0.15) is 44.5 Å². The summed E-state index contributed by atoms with van der Waals surface area (Å²) >= 11 is 0. The monoisotopic (exact) mass is 700 g/mol. The van der Waals surface area contributed by atoms with Gasteiger partial charge in [-0.05, 0) is 96.7 Å². The average Bonchev–Trinajstić information content (AvgIpc) is 3.55. The molecule has 11 rings (SSSR count). The van der Waals surface area contributed by atoms with Crippen LogP contribution in [0.15, 0.2) is 218 Å². The first-order valence-electron chi connectivity index (χ1n) is 19.1. The Kier molecular flexibility index (Phi) is 7.06. The molecule has 1 nitrogen and oxygen atoms in total. The molecular formula is C54H36O. The quantitative estimate of drug-likeness (QED) is 0.174. The van der Waals surface area contributed by atoms with Gasteiger partial charge in [-0.2, -0.15) is 0 Å². The van der Waals surface area contributed by atoms with E-state index in [0.717, 1.165) is 33.8 Å². The molecule has 0 radical (unpaired) electrons. The van der Waals surface area contributed by atoms with E-state index >= 15 is 0 Å². The van der Waals surface area contributed by atoms with E-state index < -0.39 is 10.8 Å². The molecular weight excluding hydrogens is 665 g/mol. The summed E-state index contributed by atoms with van der Waals surface area (Å²) < 4.78 is 6.71. The van der Waals surface area contributed by atoms with Gasteiger partial charge >= 0.3 is 0 Å². The van der Waals surface area contributed by atoms with E-state index in [2.05, 4.69) is 218 Å². The Hall–Kier alpha value is -6.96. The van der Waals surface area contributed by atoms with Gasteiger partial charge in [-0.15, -0.1) is 0 Å². The van der Waals surface area contributed by atoms with Crippen LogP contribution in [0.3, 0.4) is 0 Å². The molecule has 0 saturated heterocycles. The van der Waals surface area contributed by atoms with E-state index in [1.807, 2.05) is 0 Å². The molecule has 1 heteroatoms. The second kappa shape index (κ2) is 12.3. The SMILES string of the molecule is c1ccc(C2(c3ccccc3)c3ccccc3Oc3ccc(-c4ccc(C5(c6ccccc6)c6ccccc6-c6cc7ccccc7cc65)cc4)cc32)cc1. The molecule has 1 atom stereocenters. The summed E-state index contributed by atoms with van der Waals surface area (Å²) in [6.45, 7) is 0. The first-order valence-corrected chi connectivity index (χ1v) is 19.1. The van der Waals surface area contributed by atoms with E-state index in [9.17, 15) is 0 Å². The molecule has 258 valence electrons. The highest BCUT2D eigenvalue weighted by atomic mass is 16.5. The Morgan fingerprint density at radius 1 is 0.273 bits per heavy atom. The summed E-state index contributed by atoms with van der Waals surface area (Å²) in [7, 11) is 0. The maximum Gasteiger partial charge on any atom is 0.132 e. The molecule has 0 amide bonds. The fraction of sp³-hybridized carbons (Fsp3) is 0.0370. The van der Waals surface area contributed by atoms with Gasteiger partial charge in [0.05, 0.1) is 10.8 Å². The van der Waals surface area contributed by atoms with Gasteiger partial charge in [0.15, 0.2) is 0 Å². The van der Waals surface area contributed by atoms with Crippen LogP contribution in [-0.4, -0.2) is 0 Å². The van der Waals surface area contributed by atoms with Crippen molar-refractivity contribution in [3.63, 3.8) is 0 Å². The fourth-order valence-electron chi connectivity index (χ4n) is 9.74. The Bertz CT molecular complexity index is 2840. The fourth-order valence-corrected chi connectivity index (χ4v) is 9.74. The Balaban J connectivity index is 1.12. The lowest BCUT2D eigenvalue weighted by molar-refractivity contribution is 0.434. The van der Waals surface area contributed by atoms with Crippen molar-refractivity contribution < 1.29 is 4.74 Å². The lowest BCUT2D eigenvalue weighted by atomic mass is 9.63. The predicted molar refractivity (Wildman–Crippen MR) is 225 cm³/mol. The number of ether oxygens (including phenoxy) is 1. The molecule has 1 aliphatic carbocycles. The van der Waals surface area contributed by atoms with Crippen LogP contribution in [0.25, 0.3) is 33.0 Å². The largest absolute Gasteiger partial charge is 0.457 e. The van der Waals surface area contributed by atoms with Gasteiger partial charge in [-0.25, -0.2) is 0 Å². The van der Waals surface area contributed by atoms with Gasteiger partial charge in [0.25, 0.3) is 0 Å². The third kappa shape index (κ3) is 4.54. The lowest BCUT2D eigenvalue weighted by Gasteiger charge is -2.41. The zero-order chi connectivity index (χ0) is 36.4. The second-order valence-electron chi connectivity index (χ2n) is 14.8. The van der Waals surface area contributed by atoms with Crippen molar-refractivity contribution in [2.24, 2.45) is 0 Å². The summed E-state index contributed by atoms with van der Waals surface area (Å²) in [6.07, 6.45) is 0. The molecule has 2 aliphatic rings. The van der Waals surface area contributed by atoms with E-state index in [-0.39, 0.29) is 0 Å². The standard InChI is InChI=1S/C54H36O/c1-4-18-41(19-5-1)53(47-25-13-12-24-45(47)46-34-38-16-10-11-17-39(38)35-49(46)53)44-31-28-37(29-32-44)40-30-33-52-50(36-40)54(42-20-6-2-7-21-42,43-22-8-3-9-23-43)48-26-14-15-27-51(48)55-52/h1-36H. The molecule has 1 unspecified atom stereocenters. The molecule has 0 bridgehead atoms. The molecule has 0 N–H and O–H groups in total. The van der Waals surface area contributed by atoms with Crippen LogP contribution >= 0.6 is 0 Å². The molecule has 0 fully saturated rings. The lowest BCUT2D eigenvalue weighted by Crippen LogP contribution is -2.34. The van der Waals surface area contributed by atoms with Crippen molar-refractivity contribution in [3.8, 4) is 33.8 Å². The van der Waals surface area contributed by atoms with Gasteiger partial charge < -0.3 is 4.74 Å². The Morgan fingerprint density at radius 2 is 0.745 bits per heavy atom. The van der Waals surface area contributed by atoms with Crippen LogP contribution in [-0.2, 0) is 10.8 Å². The van der Waals surface area contributed by atoms with Crippen LogP contribution < -0.4 is 4.74 Å². The summed E-state index contributed by atoms with van der Waals surface area (Å²) in [5.74, 6) is 1.76. The third-order valence-electron chi connectivity index (χ3n) is 12.1. The number of benzene rings is 9. The predicted octanol–water partition coefficient (Wildman–Crippen LogP) is 13.4. The summed E-state index contributed by atoms with van der Waals surface area (Å²) in [5, 5.41) is 2.51. The molecule has 0 spiro atoms. The number of hydrogen-bond donors (Lipinski definition) is 0. The van der Waals surface area contributed by atoms with Gasteiger partial charge in [0.1, 0.15) is 11.5 Å². The van der Waals surface area contributed by atoms with E-state index in [0.29, 0.717) is 0 Å². The van der Waals surface area contributed by atoms with Gasteiger partial charge in [0.2, 0.25) is 0 Å². The minimum Gasteiger partial charge on any atom is -0.457 e. The third-order valence-corrected chi connectivity index (χ3v) is 12.1. The van der Waals surface area contributed by atoms with Gasteiger partial charge in [-0.1, -0.05) is 188 Å². The van der Waals surface area contributed by atoms with E-state index in [4.69, 9.17) is 4.74 Å². The molecule has 9 aromatic rings. The minimum absolute atomic E-state index is 0.473. The molecule has 1 heterocycles. The Morgan fingerprint density at radius 3 is 1.40 bits per heavy atom. The van der Waals surface area contributed by atoms with Gasteiger partial charge in [-0.3, -0.25) is 0 Å². The van der Waals surface area contributed by atoms with Crippen molar-refractivity contribution in [3.05, 3.63) is 263 Å². The van der Waals surface area contributed by atoms with Crippen molar-refractivity contribution in [2.45, 2.75) is 10.8 Å². The van der Waals surface area contributed by atoms with Crippen LogP contribution in [0, 0.1) is 0 Å².